The molecule has 1 aliphatic rings. The molecule has 1 N–H and O–H groups in total. The minimum atomic E-state index is -0.242. The Morgan fingerprint density at radius 2 is 1.76 bits per heavy atom. The van der Waals surface area contributed by atoms with Crippen LogP contribution in [0.15, 0.2) is 42.6 Å². The lowest BCUT2D eigenvalue weighted by Gasteiger charge is -2.24. The van der Waals surface area contributed by atoms with Crippen molar-refractivity contribution >= 4 is 17.5 Å². The van der Waals surface area contributed by atoms with Crippen LogP contribution in [0.3, 0.4) is 0 Å². The molecule has 2 amide bonds. The van der Waals surface area contributed by atoms with Crippen LogP contribution in [-0.4, -0.2) is 34.8 Å². The quantitative estimate of drug-likeness (QED) is 0.426. The van der Waals surface area contributed by atoms with Gasteiger partial charge in [0.15, 0.2) is 0 Å². The van der Waals surface area contributed by atoms with Crippen molar-refractivity contribution in [3.05, 3.63) is 59.4 Å². The van der Waals surface area contributed by atoms with Crippen molar-refractivity contribution in [3.63, 3.8) is 0 Å². The van der Waals surface area contributed by atoms with Crippen LogP contribution in [0, 0.1) is 5.92 Å². The molecular formula is C28H39N3O2. The van der Waals surface area contributed by atoms with Gasteiger partial charge in [0.25, 0.3) is 11.8 Å². The highest BCUT2D eigenvalue weighted by Crippen LogP contribution is 2.27. The standard InChI is InChI=1S/C28H39N3O2/c1-3-5-10-23-14-19-26(29-21-23)27(32)30-25-17-15-24(16-18-25)28(33)31(4-2)20-9-13-22-11-7-6-8-12-22/h14-19,21-22H,3-13,20H2,1-2H3,(H,30,32). The Hall–Kier alpha value is -2.69. The zero-order chi connectivity index (χ0) is 23.5. The zero-order valence-electron chi connectivity index (χ0n) is 20.3. The number of hydrogen-bond acceptors (Lipinski definition) is 3. The third kappa shape index (κ3) is 7.69. The van der Waals surface area contributed by atoms with E-state index in [0.717, 1.165) is 43.7 Å². The van der Waals surface area contributed by atoms with Crippen molar-refractivity contribution in [1.29, 1.82) is 0 Å². The van der Waals surface area contributed by atoms with Gasteiger partial charge in [0.2, 0.25) is 0 Å². The molecule has 1 aromatic heterocycles. The van der Waals surface area contributed by atoms with Crippen molar-refractivity contribution in [3.8, 4) is 0 Å². The van der Waals surface area contributed by atoms with Crippen LogP contribution in [0.1, 0.15) is 98.0 Å². The maximum absolute atomic E-state index is 12.9. The number of benzene rings is 1. The maximum Gasteiger partial charge on any atom is 0.274 e. The first-order valence-electron chi connectivity index (χ1n) is 12.8. The van der Waals surface area contributed by atoms with Crippen LogP contribution in [0.5, 0.6) is 0 Å². The summed E-state index contributed by atoms with van der Waals surface area (Å²) in [5, 5.41) is 2.87. The Balaban J connectivity index is 1.50. The molecule has 0 unspecified atom stereocenters. The van der Waals surface area contributed by atoms with Gasteiger partial charge in [0.05, 0.1) is 0 Å². The smallest absolute Gasteiger partial charge is 0.274 e. The molecule has 1 aromatic carbocycles. The summed E-state index contributed by atoms with van der Waals surface area (Å²) in [5.41, 5.74) is 2.86. The summed E-state index contributed by atoms with van der Waals surface area (Å²) in [5.74, 6) is 0.662. The summed E-state index contributed by atoms with van der Waals surface area (Å²) < 4.78 is 0. The van der Waals surface area contributed by atoms with Crippen molar-refractivity contribution < 1.29 is 9.59 Å². The van der Waals surface area contributed by atoms with Crippen molar-refractivity contribution in [2.45, 2.75) is 78.1 Å². The van der Waals surface area contributed by atoms with Crippen LogP contribution >= 0.6 is 0 Å². The first kappa shape index (κ1) is 24.9. The summed E-state index contributed by atoms with van der Waals surface area (Å²) in [6, 6.07) is 10.9. The monoisotopic (exact) mass is 449 g/mol. The van der Waals surface area contributed by atoms with E-state index in [1.165, 1.54) is 38.5 Å². The largest absolute Gasteiger partial charge is 0.339 e. The molecule has 1 fully saturated rings. The van der Waals surface area contributed by atoms with Gasteiger partial charge < -0.3 is 10.2 Å². The molecule has 5 heteroatoms. The van der Waals surface area contributed by atoms with Crippen molar-refractivity contribution in [1.82, 2.24) is 9.88 Å². The zero-order valence-corrected chi connectivity index (χ0v) is 20.3. The fourth-order valence-electron chi connectivity index (χ4n) is 4.61. The van der Waals surface area contributed by atoms with E-state index in [4.69, 9.17) is 0 Å². The molecule has 2 aromatic rings. The van der Waals surface area contributed by atoms with Crippen LogP contribution in [0.4, 0.5) is 5.69 Å². The van der Waals surface area contributed by atoms with E-state index < -0.39 is 0 Å². The number of pyridine rings is 1. The Bertz CT molecular complexity index is 871. The molecule has 3 rings (SSSR count). The molecule has 0 aliphatic heterocycles. The number of nitrogens with zero attached hydrogens (tertiary/aromatic N) is 2. The molecule has 178 valence electrons. The molecule has 0 radical (unpaired) electrons. The summed E-state index contributed by atoms with van der Waals surface area (Å²) >= 11 is 0. The lowest BCUT2D eigenvalue weighted by molar-refractivity contribution is 0.0758. The summed E-state index contributed by atoms with van der Waals surface area (Å²) in [6.07, 6.45) is 14.1. The number of amides is 2. The third-order valence-corrected chi connectivity index (χ3v) is 6.70. The van der Waals surface area contributed by atoms with Gasteiger partial charge in [-0.3, -0.25) is 14.6 Å². The van der Waals surface area contributed by atoms with Gasteiger partial charge >= 0.3 is 0 Å². The van der Waals surface area contributed by atoms with E-state index in [9.17, 15) is 9.59 Å². The predicted molar refractivity (Wildman–Crippen MR) is 135 cm³/mol. The van der Waals surface area contributed by atoms with E-state index in [-0.39, 0.29) is 11.8 Å². The molecule has 0 saturated heterocycles. The number of aromatic nitrogens is 1. The van der Waals surface area contributed by atoms with Gasteiger partial charge in [0, 0.05) is 30.5 Å². The van der Waals surface area contributed by atoms with E-state index >= 15 is 0 Å². The predicted octanol–water partition coefficient (Wildman–Crippen LogP) is 6.50. The van der Waals surface area contributed by atoms with Gasteiger partial charge in [0.1, 0.15) is 5.69 Å². The van der Waals surface area contributed by atoms with Crippen molar-refractivity contribution in [2.24, 2.45) is 5.92 Å². The number of rotatable bonds is 11. The Morgan fingerprint density at radius 1 is 1.00 bits per heavy atom. The number of nitrogens with one attached hydrogen (secondary N) is 1. The number of carbonyl (C=O) groups excluding carboxylic acids is 2. The molecule has 0 spiro atoms. The Kier molecular flexibility index (Phi) is 9.92. The van der Waals surface area contributed by atoms with Crippen LogP contribution in [0.25, 0.3) is 0 Å². The molecule has 33 heavy (non-hydrogen) atoms. The second kappa shape index (κ2) is 13.1. The molecule has 0 bridgehead atoms. The molecular weight excluding hydrogens is 410 g/mol. The van der Waals surface area contributed by atoms with Crippen LogP contribution in [0.2, 0.25) is 0 Å². The second-order valence-electron chi connectivity index (χ2n) is 9.22. The maximum atomic E-state index is 12.9. The number of unbranched alkanes of at least 4 members (excludes halogenated alkanes) is 1. The fraction of sp³-hybridized carbons (Fsp3) is 0.536. The number of anilines is 1. The van der Waals surface area contributed by atoms with Crippen LogP contribution in [-0.2, 0) is 6.42 Å². The van der Waals surface area contributed by atoms with Gasteiger partial charge in [-0.1, -0.05) is 51.5 Å². The minimum Gasteiger partial charge on any atom is -0.339 e. The molecule has 1 heterocycles. The topological polar surface area (TPSA) is 62.3 Å². The average Bonchev–Trinajstić information content (AvgIpc) is 2.86. The number of aryl methyl sites for hydroxylation is 1. The summed E-state index contributed by atoms with van der Waals surface area (Å²) in [6.45, 7) is 5.71. The lowest BCUT2D eigenvalue weighted by atomic mass is 9.86. The third-order valence-electron chi connectivity index (χ3n) is 6.70. The first-order chi connectivity index (χ1) is 16.1. The summed E-state index contributed by atoms with van der Waals surface area (Å²) in [4.78, 5) is 31.7. The molecule has 5 nitrogen and oxygen atoms in total. The first-order valence-corrected chi connectivity index (χ1v) is 12.8. The van der Waals surface area contributed by atoms with Gasteiger partial charge in [-0.25, -0.2) is 0 Å². The normalized spacial score (nSPS) is 14.1. The molecule has 1 aliphatic carbocycles. The van der Waals surface area contributed by atoms with Crippen LogP contribution < -0.4 is 5.32 Å². The van der Waals surface area contributed by atoms with Gasteiger partial charge in [-0.2, -0.15) is 0 Å². The fourth-order valence-corrected chi connectivity index (χ4v) is 4.61. The highest BCUT2D eigenvalue weighted by Gasteiger charge is 2.17. The van der Waals surface area contributed by atoms with Gasteiger partial charge in [-0.05, 0) is 74.4 Å². The minimum absolute atomic E-state index is 0.0587. The highest BCUT2D eigenvalue weighted by atomic mass is 16.2. The number of hydrogen-bond donors (Lipinski definition) is 1. The average molecular weight is 450 g/mol. The SMILES string of the molecule is CCCCc1ccc(C(=O)Nc2ccc(C(=O)N(CC)CCCC3CCCCC3)cc2)nc1. The lowest BCUT2D eigenvalue weighted by Crippen LogP contribution is -2.32. The molecule has 0 atom stereocenters. The Labute approximate surface area is 199 Å². The Morgan fingerprint density at radius 3 is 2.39 bits per heavy atom. The highest BCUT2D eigenvalue weighted by molar-refractivity contribution is 6.03. The second-order valence-corrected chi connectivity index (χ2v) is 9.22. The van der Waals surface area contributed by atoms with E-state index in [0.29, 0.717) is 23.5 Å². The van der Waals surface area contributed by atoms with Gasteiger partial charge in [-0.15, -0.1) is 0 Å². The summed E-state index contributed by atoms with van der Waals surface area (Å²) in [7, 11) is 0. The van der Waals surface area contributed by atoms with E-state index in [1.54, 1.807) is 36.5 Å². The molecule has 1 saturated carbocycles. The van der Waals surface area contributed by atoms with E-state index in [2.05, 4.69) is 17.2 Å². The van der Waals surface area contributed by atoms with Crippen molar-refractivity contribution in [2.75, 3.05) is 18.4 Å². The van der Waals surface area contributed by atoms with E-state index in [1.807, 2.05) is 17.9 Å². The number of carbonyl (C=O) groups is 2.